The van der Waals surface area contributed by atoms with Crippen molar-refractivity contribution in [3.63, 3.8) is 0 Å². The number of carbonyl (C=O) groups is 1. The number of hydrogen-bond acceptors (Lipinski definition) is 3. The minimum atomic E-state index is -0.706. The third-order valence-electron chi connectivity index (χ3n) is 2.86. The van der Waals surface area contributed by atoms with Crippen LogP contribution < -0.4 is 0 Å². The summed E-state index contributed by atoms with van der Waals surface area (Å²) in [5.41, 5.74) is -0.223. The Morgan fingerprint density at radius 1 is 1.45 bits per heavy atom. The summed E-state index contributed by atoms with van der Waals surface area (Å²) >= 11 is 1.23. The van der Waals surface area contributed by atoms with Crippen LogP contribution in [0.15, 0.2) is 35.7 Å². The van der Waals surface area contributed by atoms with Crippen LogP contribution in [-0.4, -0.2) is 20.6 Å². The Kier molecular flexibility index (Phi) is 4.54. The van der Waals surface area contributed by atoms with Crippen LogP contribution in [0.25, 0.3) is 0 Å². The second kappa shape index (κ2) is 6.17. The van der Waals surface area contributed by atoms with Crippen LogP contribution in [0.3, 0.4) is 0 Å². The molecule has 1 atom stereocenters. The van der Waals surface area contributed by atoms with Gasteiger partial charge in [-0.3, -0.25) is 4.79 Å². The van der Waals surface area contributed by atoms with Crippen molar-refractivity contribution in [2.45, 2.75) is 30.8 Å². The molecule has 0 amide bonds. The van der Waals surface area contributed by atoms with Crippen molar-refractivity contribution < 1.29 is 13.6 Å². The van der Waals surface area contributed by atoms with Gasteiger partial charge in [-0.05, 0) is 32.0 Å². The zero-order valence-corrected chi connectivity index (χ0v) is 12.0. The van der Waals surface area contributed by atoms with E-state index in [4.69, 9.17) is 0 Å². The van der Waals surface area contributed by atoms with E-state index in [0.717, 1.165) is 24.7 Å². The Labute approximate surface area is 120 Å². The Balaban J connectivity index is 2.18. The molecule has 1 unspecified atom stereocenters. The van der Waals surface area contributed by atoms with Crippen LogP contribution in [0.4, 0.5) is 8.78 Å². The van der Waals surface area contributed by atoms with Gasteiger partial charge in [-0.25, -0.2) is 13.8 Å². The first-order chi connectivity index (χ1) is 9.52. The van der Waals surface area contributed by atoms with E-state index in [1.807, 2.05) is 17.7 Å². The number of hydrogen-bond donors (Lipinski definition) is 0. The molecule has 0 aliphatic heterocycles. The number of halogens is 2. The summed E-state index contributed by atoms with van der Waals surface area (Å²) in [4.78, 5) is 16.3. The third kappa shape index (κ3) is 3.07. The molecule has 0 saturated carbocycles. The van der Waals surface area contributed by atoms with Crippen LogP contribution in [0, 0.1) is 11.6 Å². The number of nitrogens with zero attached hydrogens (tertiary/aromatic N) is 2. The molecule has 20 heavy (non-hydrogen) atoms. The highest BCUT2D eigenvalue weighted by atomic mass is 32.2. The zero-order chi connectivity index (χ0) is 14.7. The lowest BCUT2D eigenvalue weighted by molar-refractivity contribution is 0.0989. The minimum Gasteiger partial charge on any atom is -0.326 e. The van der Waals surface area contributed by atoms with Crippen molar-refractivity contribution in [1.29, 1.82) is 0 Å². The fourth-order valence-electron chi connectivity index (χ4n) is 1.77. The predicted molar refractivity (Wildman–Crippen MR) is 73.9 cm³/mol. The lowest BCUT2D eigenvalue weighted by Crippen LogP contribution is -2.16. The van der Waals surface area contributed by atoms with Gasteiger partial charge in [0.05, 0.1) is 10.8 Å². The Morgan fingerprint density at radius 2 is 2.20 bits per heavy atom. The van der Waals surface area contributed by atoms with Crippen molar-refractivity contribution in [2.75, 3.05) is 0 Å². The molecule has 0 radical (unpaired) electrons. The molecular weight excluding hydrogens is 282 g/mol. The minimum absolute atomic E-state index is 0.223. The average molecular weight is 296 g/mol. The van der Waals surface area contributed by atoms with Crippen LogP contribution in [0.1, 0.15) is 24.2 Å². The number of ketones is 1. The van der Waals surface area contributed by atoms with Gasteiger partial charge < -0.3 is 4.57 Å². The number of aryl methyl sites for hydroxylation is 1. The predicted octanol–water partition coefficient (Wildman–Crippen LogP) is 3.54. The number of Topliss-reactive ketones (excluding diaryl/α,β-unsaturated/α-hetero) is 1. The molecule has 0 aliphatic rings. The molecule has 0 aliphatic carbocycles. The first-order valence-corrected chi connectivity index (χ1v) is 7.08. The maximum atomic E-state index is 13.6. The molecule has 0 N–H and O–H groups in total. The number of thioether (sulfide) groups is 1. The first kappa shape index (κ1) is 14.7. The van der Waals surface area contributed by atoms with Gasteiger partial charge in [-0.2, -0.15) is 0 Å². The molecule has 106 valence electrons. The Bertz CT molecular complexity index is 627. The fourth-order valence-corrected chi connectivity index (χ4v) is 2.77. The Hall–Kier alpha value is -1.69. The summed E-state index contributed by atoms with van der Waals surface area (Å²) in [6.45, 7) is 4.36. The number of carbonyl (C=O) groups excluding carboxylic acids is 1. The molecule has 3 nitrogen and oxygen atoms in total. The van der Waals surface area contributed by atoms with Crippen LogP contribution in [-0.2, 0) is 6.54 Å². The summed E-state index contributed by atoms with van der Waals surface area (Å²) in [6, 6.07) is 2.89. The Morgan fingerprint density at radius 3 is 2.90 bits per heavy atom. The summed E-state index contributed by atoms with van der Waals surface area (Å²) in [5, 5.41) is 0.143. The van der Waals surface area contributed by atoms with E-state index >= 15 is 0 Å². The molecule has 0 spiro atoms. The topological polar surface area (TPSA) is 34.9 Å². The van der Waals surface area contributed by atoms with E-state index in [0.29, 0.717) is 5.16 Å². The van der Waals surface area contributed by atoms with Gasteiger partial charge in [0.1, 0.15) is 11.6 Å². The summed E-state index contributed by atoms with van der Waals surface area (Å²) < 4.78 is 28.6. The van der Waals surface area contributed by atoms with Crippen molar-refractivity contribution in [3.05, 3.63) is 47.8 Å². The average Bonchev–Trinajstić information content (AvgIpc) is 2.87. The quantitative estimate of drug-likeness (QED) is 0.625. The standard InChI is InChI=1S/C14H14F2N2OS/c1-3-18-7-6-17-14(18)20-9(2)13(19)11-8-10(15)4-5-12(11)16/h4-9H,3H2,1-2H3. The van der Waals surface area contributed by atoms with Gasteiger partial charge in [0.15, 0.2) is 10.9 Å². The monoisotopic (exact) mass is 296 g/mol. The van der Waals surface area contributed by atoms with E-state index in [1.165, 1.54) is 11.8 Å². The molecule has 1 aromatic carbocycles. The van der Waals surface area contributed by atoms with Gasteiger partial charge in [-0.1, -0.05) is 11.8 Å². The molecule has 6 heteroatoms. The normalized spacial score (nSPS) is 12.4. The van der Waals surface area contributed by atoms with Gasteiger partial charge in [0, 0.05) is 18.9 Å². The highest BCUT2D eigenvalue weighted by molar-refractivity contribution is 8.00. The number of benzene rings is 1. The van der Waals surface area contributed by atoms with Gasteiger partial charge in [0.25, 0.3) is 0 Å². The van der Waals surface area contributed by atoms with Gasteiger partial charge in [-0.15, -0.1) is 0 Å². The molecule has 0 saturated heterocycles. The zero-order valence-electron chi connectivity index (χ0n) is 11.1. The van der Waals surface area contributed by atoms with E-state index in [9.17, 15) is 13.6 Å². The molecular formula is C14H14F2N2OS. The van der Waals surface area contributed by atoms with E-state index in [1.54, 1.807) is 13.1 Å². The molecule has 0 fully saturated rings. The molecule has 1 heterocycles. The lowest BCUT2D eigenvalue weighted by Gasteiger charge is -2.11. The number of rotatable bonds is 5. The van der Waals surface area contributed by atoms with Crippen molar-refractivity contribution in [3.8, 4) is 0 Å². The van der Waals surface area contributed by atoms with Crippen LogP contribution >= 0.6 is 11.8 Å². The molecule has 2 aromatic rings. The number of imidazole rings is 1. The molecule has 0 bridgehead atoms. The maximum absolute atomic E-state index is 13.6. The van der Waals surface area contributed by atoms with Gasteiger partial charge >= 0.3 is 0 Å². The highest BCUT2D eigenvalue weighted by Crippen LogP contribution is 2.25. The molecule has 2 rings (SSSR count). The van der Waals surface area contributed by atoms with Crippen LogP contribution in [0.5, 0.6) is 0 Å². The SMILES string of the molecule is CCn1ccnc1SC(C)C(=O)c1cc(F)ccc1F. The second-order valence-electron chi connectivity index (χ2n) is 4.24. The second-order valence-corrected chi connectivity index (χ2v) is 5.55. The summed E-state index contributed by atoms with van der Waals surface area (Å²) in [6.07, 6.45) is 3.45. The highest BCUT2D eigenvalue weighted by Gasteiger charge is 2.22. The third-order valence-corrected chi connectivity index (χ3v) is 3.98. The van der Waals surface area contributed by atoms with Gasteiger partial charge in [0.2, 0.25) is 0 Å². The largest absolute Gasteiger partial charge is 0.326 e. The fraction of sp³-hybridized carbons (Fsp3) is 0.286. The first-order valence-electron chi connectivity index (χ1n) is 6.20. The lowest BCUT2D eigenvalue weighted by atomic mass is 10.1. The molecule has 1 aromatic heterocycles. The van der Waals surface area contributed by atoms with Crippen molar-refractivity contribution >= 4 is 17.5 Å². The van der Waals surface area contributed by atoms with Crippen molar-refractivity contribution in [2.24, 2.45) is 0 Å². The van der Waals surface area contributed by atoms with E-state index < -0.39 is 22.7 Å². The summed E-state index contributed by atoms with van der Waals surface area (Å²) in [5.74, 6) is -1.78. The van der Waals surface area contributed by atoms with E-state index in [2.05, 4.69) is 4.98 Å². The van der Waals surface area contributed by atoms with E-state index in [-0.39, 0.29) is 5.56 Å². The van der Waals surface area contributed by atoms with Crippen LogP contribution in [0.2, 0.25) is 0 Å². The maximum Gasteiger partial charge on any atom is 0.179 e. The summed E-state index contributed by atoms with van der Waals surface area (Å²) in [7, 11) is 0. The smallest absolute Gasteiger partial charge is 0.179 e. The van der Waals surface area contributed by atoms with Crippen molar-refractivity contribution in [1.82, 2.24) is 9.55 Å². The number of aromatic nitrogens is 2.